The molecule has 2 N–H and O–H groups in total. The number of thiazole rings is 1. The van der Waals surface area contributed by atoms with Crippen LogP contribution in [-0.2, 0) is 0 Å². The van der Waals surface area contributed by atoms with Crippen molar-refractivity contribution in [3.8, 4) is 0 Å². The van der Waals surface area contributed by atoms with E-state index in [-0.39, 0.29) is 18.2 Å². The second-order valence-electron chi connectivity index (χ2n) is 4.22. The van der Waals surface area contributed by atoms with Crippen LogP contribution in [0.25, 0.3) is 0 Å². The zero-order chi connectivity index (χ0) is 10.7. The van der Waals surface area contributed by atoms with Crippen molar-refractivity contribution in [2.24, 2.45) is 0 Å². The van der Waals surface area contributed by atoms with Crippen molar-refractivity contribution in [1.29, 1.82) is 0 Å². The Morgan fingerprint density at radius 2 is 2.33 bits per heavy atom. The summed E-state index contributed by atoms with van der Waals surface area (Å²) in [6.07, 6.45) is 6.04. The lowest BCUT2D eigenvalue weighted by Crippen LogP contribution is -2.43. The fourth-order valence-electron chi connectivity index (χ4n) is 2.15. The topological polar surface area (TPSA) is 45.1 Å². The van der Waals surface area contributed by atoms with Crippen LogP contribution < -0.4 is 5.32 Å². The summed E-state index contributed by atoms with van der Waals surface area (Å²) in [4.78, 5) is 4.28. The summed E-state index contributed by atoms with van der Waals surface area (Å²) < 4.78 is 0. The first-order valence-corrected chi connectivity index (χ1v) is 6.49. The highest BCUT2D eigenvalue weighted by Gasteiger charge is 2.24. The van der Waals surface area contributed by atoms with Crippen LogP contribution in [0.15, 0.2) is 11.6 Å². The van der Waals surface area contributed by atoms with Crippen molar-refractivity contribution in [2.75, 3.05) is 0 Å². The minimum atomic E-state index is -0.179. The number of rotatable bonds is 3. The predicted octanol–water partition coefficient (Wildman–Crippen LogP) is 2.10. The molecule has 1 aliphatic carbocycles. The van der Waals surface area contributed by atoms with Crippen LogP contribution in [0.4, 0.5) is 0 Å². The molecule has 1 aromatic heterocycles. The number of aliphatic hydroxyl groups excluding tert-OH is 1. The zero-order valence-corrected chi connectivity index (χ0v) is 9.83. The number of aliphatic hydroxyl groups is 1. The van der Waals surface area contributed by atoms with E-state index >= 15 is 0 Å². The first-order valence-electron chi connectivity index (χ1n) is 5.61. The Morgan fingerprint density at radius 3 is 3.00 bits per heavy atom. The van der Waals surface area contributed by atoms with Gasteiger partial charge in [0.1, 0.15) is 5.01 Å². The third-order valence-corrected chi connectivity index (χ3v) is 3.97. The minimum absolute atomic E-state index is 0.179. The fourth-order valence-corrected chi connectivity index (χ4v) is 2.80. The maximum atomic E-state index is 9.84. The smallest absolute Gasteiger partial charge is 0.109 e. The largest absolute Gasteiger partial charge is 0.392 e. The third-order valence-electron chi connectivity index (χ3n) is 3.02. The van der Waals surface area contributed by atoms with Crippen molar-refractivity contribution in [3.63, 3.8) is 0 Å². The molecule has 0 aliphatic heterocycles. The monoisotopic (exact) mass is 226 g/mol. The van der Waals surface area contributed by atoms with Gasteiger partial charge in [-0.05, 0) is 19.8 Å². The highest BCUT2D eigenvalue weighted by molar-refractivity contribution is 7.09. The molecule has 0 spiro atoms. The molecule has 0 amide bonds. The van der Waals surface area contributed by atoms with Crippen LogP contribution in [0.3, 0.4) is 0 Å². The van der Waals surface area contributed by atoms with E-state index in [9.17, 15) is 5.11 Å². The Kier molecular flexibility index (Phi) is 3.72. The summed E-state index contributed by atoms with van der Waals surface area (Å²) in [5.74, 6) is 0. The lowest BCUT2D eigenvalue weighted by molar-refractivity contribution is 0.0859. The van der Waals surface area contributed by atoms with Gasteiger partial charge >= 0.3 is 0 Å². The van der Waals surface area contributed by atoms with Crippen molar-refractivity contribution >= 4 is 11.3 Å². The molecule has 2 rings (SSSR count). The van der Waals surface area contributed by atoms with Crippen LogP contribution in [0.2, 0.25) is 0 Å². The van der Waals surface area contributed by atoms with Gasteiger partial charge in [0, 0.05) is 17.6 Å². The van der Waals surface area contributed by atoms with Gasteiger partial charge in [-0.15, -0.1) is 11.3 Å². The van der Waals surface area contributed by atoms with Gasteiger partial charge in [0.15, 0.2) is 0 Å². The number of nitrogens with zero attached hydrogens (tertiary/aromatic N) is 1. The molecule has 1 fully saturated rings. The highest BCUT2D eigenvalue weighted by Crippen LogP contribution is 2.22. The van der Waals surface area contributed by atoms with Gasteiger partial charge in [0.2, 0.25) is 0 Å². The Bertz CT molecular complexity index is 289. The average Bonchev–Trinajstić information content (AvgIpc) is 2.74. The van der Waals surface area contributed by atoms with Crippen molar-refractivity contribution in [3.05, 3.63) is 16.6 Å². The Balaban J connectivity index is 1.90. The molecule has 0 radical (unpaired) electrons. The summed E-state index contributed by atoms with van der Waals surface area (Å²) in [5, 5.41) is 16.4. The summed E-state index contributed by atoms with van der Waals surface area (Å²) >= 11 is 1.67. The molecule has 84 valence electrons. The van der Waals surface area contributed by atoms with Gasteiger partial charge in [-0.25, -0.2) is 4.98 Å². The maximum absolute atomic E-state index is 9.84. The van der Waals surface area contributed by atoms with Gasteiger partial charge < -0.3 is 10.4 Å². The second-order valence-corrected chi connectivity index (χ2v) is 5.14. The van der Waals surface area contributed by atoms with E-state index in [4.69, 9.17) is 0 Å². The molecule has 1 heterocycles. The first kappa shape index (κ1) is 11.0. The van der Waals surface area contributed by atoms with E-state index in [1.807, 2.05) is 11.6 Å². The number of nitrogens with one attached hydrogen (secondary N) is 1. The maximum Gasteiger partial charge on any atom is 0.109 e. The van der Waals surface area contributed by atoms with Crippen molar-refractivity contribution in [2.45, 2.75) is 50.8 Å². The Morgan fingerprint density at radius 1 is 1.53 bits per heavy atom. The minimum Gasteiger partial charge on any atom is -0.392 e. The van der Waals surface area contributed by atoms with Crippen molar-refractivity contribution < 1.29 is 5.11 Å². The number of hydrogen-bond donors (Lipinski definition) is 2. The lowest BCUT2D eigenvalue weighted by Gasteiger charge is -2.30. The van der Waals surface area contributed by atoms with Crippen molar-refractivity contribution in [1.82, 2.24) is 10.3 Å². The van der Waals surface area contributed by atoms with Gasteiger partial charge in [0.25, 0.3) is 0 Å². The summed E-state index contributed by atoms with van der Waals surface area (Å²) in [7, 11) is 0. The normalized spacial score (nSPS) is 28.9. The molecule has 3 atom stereocenters. The molecule has 1 saturated carbocycles. The molecule has 0 aromatic carbocycles. The van der Waals surface area contributed by atoms with Crippen LogP contribution in [0, 0.1) is 0 Å². The van der Waals surface area contributed by atoms with Gasteiger partial charge in [-0.1, -0.05) is 12.8 Å². The fraction of sp³-hybridized carbons (Fsp3) is 0.727. The lowest BCUT2D eigenvalue weighted by atomic mass is 9.92. The van der Waals surface area contributed by atoms with Gasteiger partial charge in [-0.2, -0.15) is 0 Å². The zero-order valence-electron chi connectivity index (χ0n) is 9.02. The molecule has 0 unspecified atom stereocenters. The van der Waals surface area contributed by atoms with Crippen LogP contribution in [-0.4, -0.2) is 22.2 Å². The summed E-state index contributed by atoms with van der Waals surface area (Å²) in [5.41, 5.74) is 0. The molecule has 0 saturated heterocycles. The second kappa shape index (κ2) is 5.05. The molecular formula is C11H18N2OS. The first-order chi connectivity index (χ1) is 7.27. The summed E-state index contributed by atoms with van der Waals surface area (Å²) in [6, 6.07) is 0.500. The van der Waals surface area contributed by atoms with Crippen LogP contribution >= 0.6 is 11.3 Å². The average molecular weight is 226 g/mol. The van der Waals surface area contributed by atoms with E-state index in [0.29, 0.717) is 0 Å². The Labute approximate surface area is 94.5 Å². The molecule has 0 bridgehead atoms. The third kappa shape index (κ3) is 2.77. The molecule has 1 aromatic rings. The highest BCUT2D eigenvalue weighted by atomic mass is 32.1. The number of aromatic nitrogens is 1. The Hall–Kier alpha value is -0.450. The van der Waals surface area contributed by atoms with E-state index in [2.05, 4.69) is 17.2 Å². The molecule has 1 aliphatic rings. The summed E-state index contributed by atoms with van der Waals surface area (Å²) in [6.45, 7) is 2.11. The van der Waals surface area contributed by atoms with Crippen LogP contribution in [0.5, 0.6) is 0 Å². The van der Waals surface area contributed by atoms with E-state index < -0.39 is 0 Å². The molecule has 15 heavy (non-hydrogen) atoms. The van der Waals surface area contributed by atoms with Crippen LogP contribution in [0.1, 0.15) is 43.7 Å². The molecule has 3 nitrogen and oxygen atoms in total. The predicted molar refractivity (Wildman–Crippen MR) is 61.9 cm³/mol. The van der Waals surface area contributed by atoms with E-state index in [1.54, 1.807) is 11.3 Å². The molecular weight excluding hydrogens is 208 g/mol. The number of hydrogen-bond acceptors (Lipinski definition) is 4. The SMILES string of the molecule is C[C@@H](N[C@@H]1CCCC[C@@H]1O)c1nccs1. The van der Waals surface area contributed by atoms with E-state index in [0.717, 1.165) is 24.3 Å². The van der Waals surface area contributed by atoms with Gasteiger partial charge in [0.05, 0.1) is 12.1 Å². The molecule has 4 heteroatoms. The quantitative estimate of drug-likeness (QED) is 0.829. The standard InChI is InChI=1S/C11H18N2OS/c1-8(11-12-6-7-15-11)13-9-4-2-3-5-10(9)14/h6-10,13-14H,2-5H2,1H3/t8-,9-,10+/m1/s1. The van der Waals surface area contributed by atoms with E-state index in [1.165, 1.54) is 6.42 Å². The van der Waals surface area contributed by atoms with Gasteiger partial charge in [-0.3, -0.25) is 0 Å².